The van der Waals surface area contributed by atoms with Crippen LogP contribution in [-0.4, -0.2) is 69.4 Å². The number of morpholine rings is 1. The van der Waals surface area contributed by atoms with Crippen molar-refractivity contribution in [2.45, 2.75) is 6.42 Å². The summed E-state index contributed by atoms with van der Waals surface area (Å²) in [5.41, 5.74) is 1.04. The Labute approximate surface area is 218 Å². The fourth-order valence-corrected chi connectivity index (χ4v) is 5.35. The highest BCUT2D eigenvalue weighted by atomic mass is 35.5. The standard InChI is InChI=1S/C23H25Cl2N3O4S.ClH/c1-30-18-6-7-19(31-2)21-20(18)26-23(33-21)28(9-3-8-27-10-12-32-13-11-27)22(29)16-5-4-15(24)14-17(16)25;/h4-7,14H,3,8-13H2,1-2H3;1H. The summed E-state index contributed by atoms with van der Waals surface area (Å²) in [6.07, 6.45) is 0.779. The smallest absolute Gasteiger partial charge is 0.261 e. The zero-order valence-corrected chi connectivity index (χ0v) is 22.0. The predicted octanol–water partition coefficient (Wildman–Crippen LogP) is 5.41. The zero-order valence-electron chi connectivity index (χ0n) is 18.9. The van der Waals surface area contributed by atoms with Gasteiger partial charge in [0.1, 0.15) is 21.7 Å². The van der Waals surface area contributed by atoms with Gasteiger partial charge >= 0.3 is 0 Å². The molecule has 1 aliphatic rings. The molecule has 7 nitrogen and oxygen atoms in total. The number of nitrogens with zero attached hydrogens (tertiary/aromatic N) is 3. The lowest BCUT2D eigenvalue weighted by molar-refractivity contribution is 0.0376. The Morgan fingerprint density at radius 1 is 1.15 bits per heavy atom. The van der Waals surface area contributed by atoms with Crippen LogP contribution in [0.5, 0.6) is 11.5 Å². The maximum absolute atomic E-state index is 13.6. The van der Waals surface area contributed by atoms with E-state index in [4.69, 9.17) is 42.4 Å². The van der Waals surface area contributed by atoms with Crippen molar-refractivity contribution in [3.8, 4) is 11.5 Å². The van der Waals surface area contributed by atoms with Gasteiger partial charge in [-0.05, 0) is 36.8 Å². The summed E-state index contributed by atoms with van der Waals surface area (Å²) in [5.74, 6) is 1.08. The largest absolute Gasteiger partial charge is 0.495 e. The average molecular weight is 547 g/mol. The van der Waals surface area contributed by atoms with Crippen LogP contribution in [0.4, 0.5) is 5.13 Å². The van der Waals surface area contributed by atoms with Gasteiger partial charge in [0.25, 0.3) is 5.91 Å². The molecule has 1 aromatic heterocycles. The molecule has 1 saturated heterocycles. The van der Waals surface area contributed by atoms with Crippen molar-refractivity contribution in [2.24, 2.45) is 0 Å². The van der Waals surface area contributed by atoms with Crippen molar-refractivity contribution in [2.75, 3.05) is 58.5 Å². The molecule has 1 amide bonds. The monoisotopic (exact) mass is 545 g/mol. The highest BCUT2D eigenvalue weighted by molar-refractivity contribution is 7.22. The number of thiazole rings is 1. The topological polar surface area (TPSA) is 64.1 Å². The quantitative estimate of drug-likeness (QED) is 0.376. The average Bonchev–Trinajstić information content (AvgIpc) is 3.26. The Morgan fingerprint density at radius 3 is 2.53 bits per heavy atom. The van der Waals surface area contributed by atoms with Crippen LogP contribution in [0.25, 0.3) is 10.2 Å². The summed E-state index contributed by atoms with van der Waals surface area (Å²) in [5, 5.41) is 1.35. The summed E-state index contributed by atoms with van der Waals surface area (Å²) in [6, 6.07) is 8.54. The van der Waals surface area contributed by atoms with Gasteiger partial charge in [0.05, 0.1) is 38.0 Å². The number of hydrogen-bond acceptors (Lipinski definition) is 7. The van der Waals surface area contributed by atoms with E-state index in [1.807, 2.05) is 12.1 Å². The van der Waals surface area contributed by atoms with E-state index in [0.29, 0.717) is 44.3 Å². The lowest BCUT2D eigenvalue weighted by Crippen LogP contribution is -2.39. The van der Waals surface area contributed by atoms with E-state index in [-0.39, 0.29) is 18.3 Å². The summed E-state index contributed by atoms with van der Waals surface area (Å²) in [6.45, 7) is 4.61. The number of hydrogen-bond donors (Lipinski definition) is 0. The number of aromatic nitrogens is 1. The molecular formula is C23H26Cl3N3O4S. The van der Waals surface area contributed by atoms with E-state index in [0.717, 1.165) is 44.0 Å². The summed E-state index contributed by atoms with van der Waals surface area (Å²) in [7, 11) is 3.21. The first kappa shape index (κ1) is 26.8. The molecular weight excluding hydrogens is 521 g/mol. The number of ether oxygens (including phenoxy) is 3. The molecule has 0 atom stereocenters. The fourth-order valence-electron chi connectivity index (χ4n) is 3.76. The van der Waals surface area contributed by atoms with Crippen LogP contribution in [0.3, 0.4) is 0 Å². The molecule has 0 radical (unpaired) electrons. The number of anilines is 1. The molecule has 0 bridgehead atoms. The maximum atomic E-state index is 13.6. The second kappa shape index (κ2) is 12.2. The van der Waals surface area contributed by atoms with Crippen molar-refractivity contribution in [3.63, 3.8) is 0 Å². The normalized spacial score (nSPS) is 14.0. The van der Waals surface area contributed by atoms with Crippen LogP contribution in [0.15, 0.2) is 30.3 Å². The fraction of sp³-hybridized carbons (Fsp3) is 0.391. The number of amides is 1. The molecule has 2 heterocycles. The van der Waals surface area contributed by atoms with Gasteiger partial charge in [0.2, 0.25) is 0 Å². The Balaban J connectivity index is 0.00000324. The lowest BCUT2D eigenvalue weighted by Gasteiger charge is -2.27. The van der Waals surface area contributed by atoms with Crippen molar-refractivity contribution in [1.82, 2.24) is 9.88 Å². The van der Waals surface area contributed by atoms with E-state index in [2.05, 4.69) is 4.90 Å². The lowest BCUT2D eigenvalue weighted by atomic mass is 10.2. The molecule has 34 heavy (non-hydrogen) atoms. The Kier molecular flexibility index (Phi) is 9.65. The van der Waals surface area contributed by atoms with Crippen molar-refractivity contribution in [1.29, 1.82) is 0 Å². The SMILES string of the molecule is COc1ccc(OC)c2sc(N(CCCN3CCOCC3)C(=O)c3ccc(Cl)cc3Cl)nc12.Cl. The Bertz CT molecular complexity index is 1100. The summed E-state index contributed by atoms with van der Waals surface area (Å²) >= 11 is 13.8. The number of benzene rings is 2. The number of rotatable bonds is 8. The number of carbonyl (C=O) groups is 1. The number of methoxy groups -OCH3 is 2. The van der Waals surface area contributed by atoms with Crippen LogP contribution in [0.2, 0.25) is 10.0 Å². The Hall–Kier alpha value is -1.81. The van der Waals surface area contributed by atoms with E-state index in [9.17, 15) is 4.79 Å². The van der Waals surface area contributed by atoms with E-state index in [1.165, 1.54) is 11.3 Å². The third-order valence-corrected chi connectivity index (χ3v) is 7.14. The first-order valence-electron chi connectivity index (χ1n) is 10.6. The highest BCUT2D eigenvalue weighted by Crippen LogP contribution is 2.40. The van der Waals surface area contributed by atoms with Crippen LogP contribution < -0.4 is 14.4 Å². The van der Waals surface area contributed by atoms with Crippen molar-refractivity contribution in [3.05, 3.63) is 45.9 Å². The van der Waals surface area contributed by atoms with E-state index < -0.39 is 0 Å². The van der Waals surface area contributed by atoms with Gasteiger partial charge in [-0.15, -0.1) is 12.4 Å². The van der Waals surface area contributed by atoms with E-state index in [1.54, 1.807) is 37.3 Å². The third-order valence-electron chi connectivity index (χ3n) is 5.50. The molecule has 0 spiro atoms. The van der Waals surface area contributed by atoms with Gasteiger partial charge in [-0.1, -0.05) is 34.5 Å². The molecule has 11 heteroatoms. The molecule has 0 aliphatic carbocycles. The molecule has 184 valence electrons. The highest BCUT2D eigenvalue weighted by Gasteiger charge is 2.25. The number of halogens is 3. The first-order valence-corrected chi connectivity index (χ1v) is 12.2. The van der Waals surface area contributed by atoms with Gasteiger partial charge in [0.15, 0.2) is 5.13 Å². The molecule has 1 aliphatic heterocycles. The minimum absolute atomic E-state index is 0. The predicted molar refractivity (Wildman–Crippen MR) is 140 cm³/mol. The molecule has 0 saturated carbocycles. The molecule has 3 aromatic rings. The van der Waals surface area contributed by atoms with Gasteiger partial charge in [-0.25, -0.2) is 4.98 Å². The van der Waals surface area contributed by atoms with Crippen LogP contribution in [0, 0.1) is 0 Å². The summed E-state index contributed by atoms with van der Waals surface area (Å²) < 4.78 is 17.3. The van der Waals surface area contributed by atoms with Crippen LogP contribution in [-0.2, 0) is 4.74 Å². The molecule has 4 rings (SSSR count). The van der Waals surface area contributed by atoms with Crippen LogP contribution in [0.1, 0.15) is 16.8 Å². The second-order valence-electron chi connectivity index (χ2n) is 7.53. The van der Waals surface area contributed by atoms with E-state index >= 15 is 0 Å². The van der Waals surface area contributed by atoms with Gasteiger partial charge in [0, 0.05) is 31.2 Å². The van der Waals surface area contributed by atoms with Crippen molar-refractivity contribution >= 4 is 68.2 Å². The zero-order chi connectivity index (χ0) is 23.4. The Morgan fingerprint density at radius 2 is 1.85 bits per heavy atom. The number of fused-ring (bicyclic) bond motifs is 1. The van der Waals surface area contributed by atoms with Gasteiger partial charge in [-0.2, -0.15) is 0 Å². The molecule has 0 N–H and O–H groups in total. The maximum Gasteiger partial charge on any atom is 0.261 e. The van der Waals surface area contributed by atoms with Gasteiger partial charge < -0.3 is 14.2 Å². The van der Waals surface area contributed by atoms with Gasteiger partial charge in [-0.3, -0.25) is 14.6 Å². The molecule has 1 fully saturated rings. The number of carbonyl (C=O) groups excluding carboxylic acids is 1. The molecule has 0 unspecified atom stereocenters. The summed E-state index contributed by atoms with van der Waals surface area (Å²) in [4.78, 5) is 22.4. The van der Waals surface area contributed by atoms with Crippen molar-refractivity contribution < 1.29 is 19.0 Å². The minimum Gasteiger partial charge on any atom is -0.495 e. The second-order valence-corrected chi connectivity index (χ2v) is 9.35. The first-order chi connectivity index (χ1) is 16.0. The minimum atomic E-state index is -0.226. The van der Waals surface area contributed by atoms with Crippen LogP contribution >= 0.6 is 46.9 Å². The third kappa shape index (κ3) is 5.87. The molecule has 2 aromatic carbocycles.